The van der Waals surface area contributed by atoms with Gasteiger partial charge in [-0.1, -0.05) is 54.6 Å². The molecule has 0 bridgehead atoms. The lowest BCUT2D eigenvalue weighted by Gasteiger charge is -2.16. The summed E-state index contributed by atoms with van der Waals surface area (Å²) in [5.74, 6) is -0.673. The summed E-state index contributed by atoms with van der Waals surface area (Å²) in [6.07, 6.45) is 0. The molecule has 6 rings (SSSR count). The normalized spacial score (nSPS) is 12.6. The van der Waals surface area contributed by atoms with Crippen molar-refractivity contribution in [1.29, 1.82) is 0 Å². The van der Waals surface area contributed by atoms with Gasteiger partial charge >= 0.3 is 0 Å². The number of carbonyl (C=O) groups is 3. The number of rotatable bonds is 7. The van der Waals surface area contributed by atoms with E-state index in [1.54, 1.807) is 42.5 Å². The molecule has 0 unspecified atom stereocenters. The Labute approximate surface area is 228 Å². The molecule has 0 radical (unpaired) electrons. The standard InChI is InChI=1S/C31H23N3O4S/c1-2-38-27-14-11-19(17-34-29(36)23-9-5-6-10-24(23)30(34)37)15-25(27)28(35)33-31-32-26(18-39-31)22-13-12-20-7-3-4-8-21(20)16-22/h3-16,18H,2,17H2,1H3,(H,32,33,35). The number of amides is 3. The van der Waals surface area contributed by atoms with Crippen molar-refractivity contribution in [1.82, 2.24) is 9.88 Å². The summed E-state index contributed by atoms with van der Waals surface area (Å²) in [6, 6.07) is 26.1. The van der Waals surface area contributed by atoms with Gasteiger partial charge in [0.25, 0.3) is 17.7 Å². The van der Waals surface area contributed by atoms with E-state index in [0.717, 1.165) is 22.0 Å². The van der Waals surface area contributed by atoms with Gasteiger partial charge in [-0.25, -0.2) is 4.98 Å². The second-order valence-corrected chi connectivity index (χ2v) is 9.92. The first-order valence-corrected chi connectivity index (χ1v) is 13.4. The second-order valence-electron chi connectivity index (χ2n) is 9.06. The molecule has 0 saturated heterocycles. The van der Waals surface area contributed by atoms with Crippen LogP contribution in [0.15, 0.2) is 90.3 Å². The van der Waals surface area contributed by atoms with E-state index in [4.69, 9.17) is 4.74 Å². The Bertz CT molecular complexity index is 1730. The quantitative estimate of drug-likeness (QED) is 0.244. The molecule has 1 aromatic heterocycles. The molecule has 2 heterocycles. The number of thiazole rings is 1. The summed E-state index contributed by atoms with van der Waals surface area (Å²) in [5, 5.41) is 7.50. The van der Waals surface area contributed by atoms with Gasteiger partial charge in [0.2, 0.25) is 0 Å². The van der Waals surface area contributed by atoms with Crippen LogP contribution in [0.25, 0.3) is 22.0 Å². The molecule has 1 aliphatic heterocycles. The van der Waals surface area contributed by atoms with E-state index in [0.29, 0.717) is 39.7 Å². The Kier molecular flexibility index (Phi) is 6.38. The highest BCUT2D eigenvalue weighted by atomic mass is 32.1. The molecule has 39 heavy (non-hydrogen) atoms. The summed E-state index contributed by atoms with van der Waals surface area (Å²) in [6.45, 7) is 2.26. The van der Waals surface area contributed by atoms with Crippen LogP contribution in [0.3, 0.4) is 0 Å². The zero-order valence-corrected chi connectivity index (χ0v) is 21.8. The highest BCUT2D eigenvalue weighted by molar-refractivity contribution is 7.14. The average molecular weight is 534 g/mol. The van der Waals surface area contributed by atoms with Crippen molar-refractivity contribution in [2.45, 2.75) is 13.5 Å². The van der Waals surface area contributed by atoms with Crippen LogP contribution < -0.4 is 10.1 Å². The van der Waals surface area contributed by atoms with Crippen molar-refractivity contribution in [2.24, 2.45) is 0 Å². The summed E-state index contributed by atoms with van der Waals surface area (Å²) in [7, 11) is 0. The molecule has 4 aromatic carbocycles. The molecule has 5 aromatic rings. The number of carbonyl (C=O) groups excluding carboxylic acids is 3. The van der Waals surface area contributed by atoms with Crippen molar-refractivity contribution in [3.05, 3.63) is 113 Å². The van der Waals surface area contributed by atoms with Crippen LogP contribution in [0.5, 0.6) is 5.75 Å². The van der Waals surface area contributed by atoms with Crippen molar-refractivity contribution < 1.29 is 19.1 Å². The van der Waals surface area contributed by atoms with Crippen molar-refractivity contribution >= 4 is 45.0 Å². The van der Waals surface area contributed by atoms with Crippen molar-refractivity contribution in [3.8, 4) is 17.0 Å². The molecular weight excluding hydrogens is 510 g/mol. The first-order valence-electron chi connectivity index (χ1n) is 12.5. The molecule has 1 N–H and O–H groups in total. The van der Waals surface area contributed by atoms with Crippen molar-refractivity contribution in [2.75, 3.05) is 11.9 Å². The SMILES string of the molecule is CCOc1ccc(CN2C(=O)c3ccccc3C2=O)cc1C(=O)Nc1nc(-c2ccc3ccccc3c2)cs1. The minimum atomic E-state index is -0.387. The highest BCUT2D eigenvalue weighted by Crippen LogP contribution is 2.30. The van der Waals surface area contributed by atoms with Crippen LogP contribution in [-0.4, -0.2) is 34.2 Å². The molecule has 0 aliphatic carbocycles. The van der Waals surface area contributed by atoms with Gasteiger partial charge in [-0.05, 0) is 53.6 Å². The van der Waals surface area contributed by atoms with E-state index in [-0.39, 0.29) is 24.3 Å². The summed E-state index contributed by atoms with van der Waals surface area (Å²) in [4.78, 5) is 44.8. The summed E-state index contributed by atoms with van der Waals surface area (Å²) >= 11 is 1.33. The predicted octanol–water partition coefficient (Wildman–Crippen LogP) is 6.41. The second kappa shape index (κ2) is 10.2. The third-order valence-electron chi connectivity index (χ3n) is 6.58. The molecule has 0 atom stereocenters. The number of ether oxygens (including phenoxy) is 1. The van der Waals surface area contributed by atoms with Crippen LogP contribution in [0.1, 0.15) is 43.6 Å². The number of nitrogens with one attached hydrogen (secondary N) is 1. The van der Waals surface area contributed by atoms with Crippen LogP contribution in [0.4, 0.5) is 5.13 Å². The molecule has 0 spiro atoms. The van der Waals surface area contributed by atoms with Gasteiger partial charge in [-0.2, -0.15) is 0 Å². The fourth-order valence-corrected chi connectivity index (χ4v) is 5.39. The van der Waals surface area contributed by atoms with Gasteiger partial charge < -0.3 is 4.74 Å². The van der Waals surface area contributed by atoms with E-state index in [2.05, 4.69) is 34.6 Å². The van der Waals surface area contributed by atoms with Gasteiger partial charge in [0.1, 0.15) is 5.75 Å². The number of hydrogen-bond donors (Lipinski definition) is 1. The first-order chi connectivity index (χ1) is 19.0. The highest BCUT2D eigenvalue weighted by Gasteiger charge is 2.35. The monoisotopic (exact) mass is 533 g/mol. The van der Waals surface area contributed by atoms with Crippen molar-refractivity contribution in [3.63, 3.8) is 0 Å². The van der Waals surface area contributed by atoms with E-state index in [1.165, 1.54) is 16.2 Å². The Morgan fingerprint density at radius 2 is 1.62 bits per heavy atom. The molecular formula is C31H23N3O4S. The lowest BCUT2D eigenvalue weighted by atomic mass is 10.1. The summed E-state index contributed by atoms with van der Waals surface area (Å²) in [5.41, 5.74) is 3.44. The Hall–Kier alpha value is -4.82. The van der Waals surface area contributed by atoms with Crippen LogP contribution in [0, 0.1) is 0 Å². The fraction of sp³-hybridized carbons (Fsp3) is 0.0968. The fourth-order valence-electron chi connectivity index (χ4n) is 4.68. The molecule has 0 fully saturated rings. The first kappa shape index (κ1) is 24.5. The maximum atomic E-state index is 13.4. The smallest absolute Gasteiger partial charge is 0.261 e. The number of benzene rings is 4. The largest absolute Gasteiger partial charge is 0.493 e. The third kappa shape index (κ3) is 4.66. The topological polar surface area (TPSA) is 88.6 Å². The third-order valence-corrected chi connectivity index (χ3v) is 7.33. The molecule has 1 aliphatic rings. The molecule has 8 heteroatoms. The molecule has 7 nitrogen and oxygen atoms in total. The number of imide groups is 1. The minimum Gasteiger partial charge on any atom is -0.493 e. The maximum absolute atomic E-state index is 13.4. The van der Waals surface area contributed by atoms with Crippen LogP contribution >= 0.6 is 11.3 Å². The van der Waals surface area contributed by atoms with Gasteiger partial charge in [-0.15, -0.1) is 11.3 Å². The maximum Gasteiger partial charge on any atom is 0.261 e. The minimum absolute atomic E-state index is 0.0440. The van der Waals surface area contributed by atoms with E-state index in [1.807, 2.05) is 30.5 Å². The lowest BCUT2D eigenvalue weighted by Crippen LogP contribution is -2.29. The molecule has 0 saturated carbocycles. The Morgan fingerprint density at radius 3 is 2.36 bits per heavy atom. The average Bonchev–Trinajstić information content (AvgIpc) is 3.52. The Balaban J connectivity index is 1.23. The number of fused-ring (bicyclic) bond motifs is 2. The van der Waals surface area contributed by atoms with Gasteiger partial charge in [0.15, 0.2) is 5.13 Å². The molecule has 3 amide bonds. The molecule has 192 valence electrons. The number of aromatic nitrogens is 1. The number of nitrogens with zero attached hydrogens (tertiary/aromatic N) is 2. The zero-order chi connectivity index (χ0) is 26.9. The van der Waals surface area contributed by atoms with E-state index < -0.39 is 0 Å². The number of hydrogen-bond acceptors (Lipinski definition) is 6. The Morgan fingerprint density at radius 1 is 0.897 bits per heavy atom. The van der Waals surface area contributed by atoms with E-state index >= 15 is 0 Å². The van der Waals surface area contributed by atoms with Crippen LogP contribution in [0.2, 0.25) is 0 Å². The predicted molar refractivity (Wildman–Crippen MR) is 151 cm³/mol. The lowest BCUT2D eigenvalue weighted by molar-refractivity contribution is 0.0642. The number of anilines is 1. The van der Waals surface area contributed by atoms with E-state index in [9.17, 15) is 14.4 Å². The van der Waals surface area contributed by atoms with Gasteiger partial charge in [-0.3, -0.25) is 24.6 Å². The van der Waals surface area contributed by atoms with Gasteiger partial charge in [0.05, 0.1) is 35.5 Å². The van der Waals surface area contributed by atoms with Gasteiger partial charge in [0, 0.05) is 10.9 Å². The summed E-state index contributed by atoms with van der Waals surface area (Å²) < 4.78 is 5.70. The van der Waals surface area contributed by atoms with Crippen LogP contribution in [-0.2, 0) is 6.54 Å². The zero-order valence-electron chi connectivity index (χ0n) is 21.0.